The Labute approximate surface area is 162 Å². The number of carbonyl (C=O) groups is 4. The molecule has 2 fully saturated rings. The molecule has 3 aliphatic rings. The van der Waals surface area contributed by atoms with Gasteiger partial charge in [0.1, 0.15) is 12.2 Å². The lowest BCUT2D eigenvalue weighted by atomic mass is 9.98. The number of para-hydroxylation sites is 1. The number of fused-ring (bicyclic) bond motifs is 3. The molecule has 3 amide bonds. The average molecular weight is 385 g/mol. The van der Waals surface area contributed by atoms with Gasteiger partial charge in [0, 0.05) is 12.5 Å². The fourth-order valence-electron chi connectivity index (χ4n) is 4.70. The maximum absolute atomic E-state index is 13.1. The summed E-state index contributed by atoms with van der Waals surface area (Å²) in [6.45, 7) is 1.65. The van der Waals surface area contributed by atoms with Crippen molar-refractivity contribution in [3.8, 4) is 0 Å². The van der Waals surface area contributed by atoms with Gasteiger partial charge in [0.05, 0.1) is 17.2 Å². The van der Waals surface area contributed by atoms with E-state index in [1.807, 2.05) is 6.92 Å². The Morgan fingerprint density at radius 2 is 2.00 bits per heavy atom. The molecule has 2 aliphatic heterocycles. The van der Waals surface area contributed by atoms with Crippen LogP contribution in [0, 0.1) is 5.92 Å². The van der Waals surface area contributed by atoms with Gasteiger partial charge in [-0.1, -0.05) is 12.1 Å². The summed E-state index contributed by atoms with van der Waals surface area (Å²) in [4.78, 5) is 52.5. The first kappa shape index (κ1) is 18.5. The molecule has 2 N–H and O–H groups in total. The second kappa shape index (κ2) is 6.61. The fourth-order valence-corrected chi connectivity index (χ4v) is 4.70. The van der Waals surface area contributed by atoms with Gasteiger partial charge >= 0.3 is 5.97 Å². The summed E-state index contributed by atoms with van der Waals surface area (Å²) >= 11 is 0. The minimum Gasteiger partial charge on any atom is -0.481 e. The fraction of sp³-hybridized carbons (Fsp3) is 0.500. The molecule has 1 unspecified atom stereocenters. The molecule has 0 bridgehead atoms. The quantitative estimate of drug-likeness (QED) is 0.814. The predicted molar refractivity (Wildman–Crippen MR) is 99.5 cm³/mol. The highest BCUT2D eigenvalue weighted by Crippen LogP contribution is 2.43. The van der Waals surface area contributed by atoms with Crippen LogP contribution in [0.4, 0.5) is 5.69 Å². The molecule has 28 heavy (non-hydrogen) atoms. The third-order valence-electron chi connectivity index (χ3n) is 6.19. The Morgan fingerprint density at radius 1 is 1.25 bits per heavy atom. The Hall–Kier alpha value is -2.90. The molecule has 4 rings (SSSR count). The normalized spacial score (nSPS) is 28.9. The number of nitrogens with zero attached hydrogens (tertiary/aromatic N) is 2. The van der Waals surface area contributed by atoms with Crippen molar-refractivity contribution in [2.75, 3.05) is 11.4 Å². The summed E-state index contributed by atoms with van der Waals surface area (Å²) in [5.41, 5.74) is 0.128. The van der Waals surface area contributed by atoms with Gasteiger partial charge in [0.2, 0.25) is 11.8 Å². The van der Waals surface area contributed by atoms with Gasteiger partial charge in [0.25, 0.3) is 5.91 Å². The minimum atomic E-state index is -0.876. The third-order valence-corrected chi connectivity index (χ3v) is 6.19. The number of amides is 3. The molecule has 0 radical (unpaired) electrons. The number of rotatable bonds is 4. The molecule has 1 aliphatic carbocycles. The topological polar surface area (TPSA) is 107 Å². The number of carbonyl (C=O) groups excluding carboxylic acids is 3. The molecule has 3 atom stereocenters. The van der Waals surface area contributed by atoms with Gasteiger partial charge in [-0.3, -0.25) is 24.1 Å². The summed E-state index contributed by atoms with van der Waals surface area (Å²) < 4.78 is 0. The van der Waals surface area contributed by atoms with Crippen molar-refractivity contribution in [3.05, 3.63) is 29.8 Å². The maximum atomic E-state index is 13.1. The van der Waals surface area contributed by atoms with Crippen LogP contribution >= 0.6 is 0 Å². The molecule has 8 nitrogen and oxygen atoms in total. The van der Waals surface area contributed by atoms with E-state index in [4.69, 9.17) is 5.11 Å². The third kappa shape index (κ3) is 2.83. The van der Waals surface area contributed by atoms with Crippen LogP contribution in [0.1, 0.15) is 49.4 Å². The number of carboxylic acids is 1. The summed E-state index contributed by atoms with van der Waals surface area (Å²) in [6, 6.07) is 6.76. The Morgan fingerprint density at radius 3 is 2.71 bits per heavy atom. The van der Waals surface area contributed by atoms with Gasteiger partial charge in [-0.05, 0) is 44.7 Å². The van der Waals surface area contributed by atoms with Gasteiger partial charge in [0.15, 0.2) is 0 Å². The zero-order valence-electron chi connectivity index (χ0n) is 15.7. The highest BCUT2D eigenvalue weighted by Gasteiger charge is 2.53. The van der Waals surface area contributed by atoms with Crippen LogP contribution < -0.4 is 10.2 Å². The summed E-state index contributed by atoms with van der Waals surface area (Å²) in [7, 11) is 0. The van der Waals surface area contributed by atoms with E-state index >= 15 is 0 Å². The first-order valence-corrected chi connectivity index (χ1v) is 9.57. The molecule has 8 heteroatoms. The van der Waals surface area contributed by atoms with Crippen molar-refractivity contribution in [1.29, 1.82) is 0 Å². The first-order chi connectivity index (χ1) is 13.3. The number of hydrogen-bond donors (Lipinski definition) is 2. The van der Waals surface area contributed by atoms with Crippen molar-refractivity contribution in [3.63, 3.8) is 0 Å². The number of carboxylic acid groups (broad SMARTS) is 1. The first-order valence-electron chi connectivity index (χ1n) is 9.57. The molecular formula is C20H23N3O5. The van der Waals surface area contributed by atoms with E-state index in [1.54, 1.807) is 29.2 Å². The standard InChI is InChI=1S/C20H23N3O5/c1-20-9-8-17(25)23(20)15-5-3-2-4-14(15)18(26)22(20)11-16(24)21-13-7-6-12(10-13)19(27)28/h2-5,12-13H,6-11H2,1H3,(H,21,24)(H,27,28)/t12-,13+,20?/m1/s1. The van der Waals surface area contributed by atoms with Crippen LogP contribution in [0.3, 0.4) is 0 Å². The van der Waals surface area contributed by atoms with E-state index < -0.39 is 17.6 Å². The van der Waals surface area contributed by atoms with Crippen molar-refractivity contribution in [1.82, 2.24) is 10.2 Å². The molecular weight excluding hydrogens is 362 g/mol. The summed E-state index contributed by atoms with van der Waals surface area (Å²) in [5.74, 6) is -1.94. The van der Waals surface area contributed by atoms with Crippen molar-refractivity contribution in [2.45, 2.75) is 50.7 Å². The van der Waals surface area contributed by atoms with E-state index in [1.165, 1.54) is 4.90 Å². The van der Waals surface area contributed by atoms with Crippen LogP contribution in [-0.2, 0) is 14.4 Å². The zero-order valence-corrected chi connectivity index (χ0v) is 15.7. The highest BCUT2D eigenvalue weighted by atomic mass is 16.4. The van der Waals surface area contributed by atoms with Crippen LogP contribution in [0.25, 0.3) is 0 Å². The van der Waals surface area contributed by atoms with Crippen LogP contribution in [0.15, 0.2) is 24.3 Å². The second-order valence-corrected chi connectivity index (χ2v) is 7.97. The second-order valence-electron chi connectivity index (χ2n) is 7.97. The molecule has 148 valence electrons. The van der Waals surface area contributed by atoms with Crippen molar-refractivity contribution in [2.24, 2.45) is 5.92 Å². The van der Waals surface area contributed by atoms with Gasteiger partial charge in [-0.15, -0.1) is 0 Å². The van der Waals surface area contributed by atoms with Gasteiger partial charge in [-0.2, -0.15) is 0 Å². The molecule has 1 aromatic carbocycles. The Bertz CT molecular complexity index is 869. The summed E-state index contributed by atoms with van der Waals surface area (Å²) in [6.07, 6.45) is 2.33. The molecule has 0 spiro atoms. The monoisotopic (exact) mass is 385 g/mol. The maximum Gasteiger partial charge on any atom is 0.306 e. The largest absolute Gasteiger partial charge is 0.481 e. The van der Waals surface area contributed by atoms with E-state index in [0.29, 0.717) is 43.4 Å². The summed E-state index contributed by atoms with van der Waals surface area (Å²) in [5, 5.41) is 12.0. The number of hydrogen-bond acceptors (Lipinski definition) is 4. The average Bonchev–Trinajstić information content (AvgIpc) is 3.24. The molecule has 0 aromatic heterocycles. The number of nitrogens with one attached hydrogen (secondary N) is 1. The van der Waals surface area contributed by atoms with E-state index in [2.05, 4.69) is 5.32 Å². The van der Waals surface area contributed by atoms with Gasteiger partial charge < -0.3 is 15.3 Å². The van der Waals surface area contributed by atoms with Crippen molar-refractivity contribution < 1.29 is 24.3 Å². The van der Waals surface area contributed by atoms with Crippen LogP contribution in [0.5, 0.6) is 0 Å². The number of anilines is 1. The van der Waals surface area contributed by atoms with E-state index in [-0.39, 0.29) is 30.3 Å². The zero-order chi connectivity index (χ0) is 20.1. The number of aliphatic carboxylic acids is 1. The predicted octanol–water partition coefficient (Wildman–Crippen LogP) is 1.35. The van der Waals surface area contributed by atoms with E-state index in [9.17, 15) is 19.2 Å². The van der Waals surface area contributed by atoms with Crippen LogP contribution in [0.2, 0.25) is 0 Å². The Kier molecular flexibility index (Phi) is 4.36. The van der Waals surface area contributed by atoms with Crippen molar-refractivity contribution >= 4 is 29.4 Å². The minimum absolute atomic E-state index is 0.0621. The molecule has 2 heterocycles. The smallest absolute Gasteiger partial charge is 0.306 e. The highest BCUT2D eigenvalue weighted by molar-refractivity contribution is 6.11. The lowest BCUT2D eigenvalue weighted by Crippen LogP contribution is -2.64. The lowest BCUT2D eigenvalue weighted by Gasteiger charge is -2.48. The Balaban J connectivity index is 1.54. The van der Waals surface area contributed by atoms with E-state index in [0.717, 1.165) is 0 Å². The lowest BCUT2D eigenvalue weighted by molar-refractivity contribution is -0.141. The van der Waals surface area contributed by atoms with Gasteiger partial charge in [-0.25, -0.2) is 0 Å². The SMILES string of the molecule is CC12CCC(=O)N1c1ccccc1C(=O)N2CC(=O)N[C@H]1CC[C@@H](C(=O)O)C1. The molecule has 1 saturated heterocycles. The molecule has 1 aromatic rings. The molecule has 1 saturated carbocycles. The van der Waals surface area contributed by atoms with Crippen LogP contribution in [-0.4, -0.2) is 51.9 Å². The number of benzene rings is 1.